The molecule has 1 saturated heterocycles. The molecular formula is C10H18N4. The summed E-state index contributed by atoms with van der Waals surface area (Å²) >= 11 is 0. The van der Waals surface area contributed by atoms with Crippen molar-refractivity contribution < 1.29 is 0 Å². The molecule has 1 aliphatic heterocycles. The smallest absolute Gasteiger partial charge is 0.0490 e. The number of rotatable bonds is 3. The third kappa shape index (κ3) is 2.56. The fraction of sp³-hybridized carbons (Fsp3) is 0.700. The van der Waals surface area contributed by atoms with Crippen LogP contribution >= 0.6 is 0 Å². The lowest BCUT2D eigenvalue weighted by atomic mass is 10.1. The lowest BCUT2D eigenvalue weighted by Crippen LogP contribution is -2.43. The van der Waals surface area contributed by atoms with Crippen LogP contribution in [-0.2, 0) is 6.54 Å². The molecular weight excluding hydrogens is 176 g/mol. The maximum atomic E-state index is 3.93. The third-order valence-corrected chi connectivity index (χ3v) is 2.76. The Kier molecular flexibility index (Phi) is 3.16. The van der Waals surface area contributed by atoms with Crippen molar-refractivity contribution in [2.45, 2.75) is 25.4 Å². The number of nitrogens with one attached hydrogen (secondary N) is 2. The quantitative estimate of drug-likeness (QED) is 0.740. The van der Waals surface area contributed by atoms with Gasteiger partial charge in [-0.2, -0.15) is 5.10 Å². The zero-order chi connectivity index (χ0) is 9.80. The first-order chi connectivity index (χ1) is 6.84. The molecule has 0 radical (unpaired) electrons. The molecule has 2 N–H and O–H groups in total. The van der Waals surface area contributed by atoms with E-state index >= 15 is 0 Å². The van der Waals surface area contributed by atoms with E-state index in [1.54, 1.807) is 6.20 Å². The van der Waals surface area contributed by atoms with Crippen LogP contribution in [0.2, 0.25) is 0 Å². The number of nitrogens with zero attached hydrogens (tertiary/aromatic N) is 2. The molecule has 0 saturated carbocycles. The fourth-order valence-electron chi connectivity index (χ4n) is 1.97. The van der Waals surface area contributed by atoms with Gasteiger partial charge in [0, 0.05) is 31.0 Å². The Morgan fingerprint density at radius 1 is 1.71 bits per heavy atom. The molecule has 1 aromatic heterocycles. The van der Waals surface area contributed by atoms with E-state index < -0.39 is 0 Å². The maximum Gasteiger partial charge on any atom is 0.0490 e. The van der Waals surface area contributed by atoms with Crippen molar-refractivity contribution in [2.75, 3.05) is 20.1 Å². The molecule has 4 nitrogen and oxygen atoms in total. The van der Waals surface area contributed by atoms with Crippen molar-refractivity contribution in [2.24, 2.45) is 0 Å². The molecule has 4 heteroatoms. The highest BCUT2D eigenvalue weighted by Gasteiger charge is 2.16. The van der Waals surface area contributed by atoms with E-state index in [4.69, 9.17) is 0 Å². The van der Waals surface area contributed by atoms with E-state index in [0.717, 1.165) is 13.1 Å². The molecule has 0 spiro atoms. The van der Waals surface area contributed by atoms with Gasteiger partial charge in [0.2, 0.25) is 0 Å². The molecule has 2 rings (SSSR count). The van der Waals surface area contributed by atoms with Gasteiger partial charge in [0.15, 0.2) is 0 Å². The van der Waals surface area contributed by atoms with Crippen LogP contribution < -0.4 is 5.32 Å². The molecule has 1 aliphatic rings. The van der Waals surface area contributed by atoms with E-state index in [1.165, 1.54) is 25.1 Å². The normalized spacial score (nSPS) is 23.9. The Morgan fingerprint density at radius 2 is 2.64 bits per heavy atom. The Hall–Kier alpha value is -0.870. The Morgan fingerprint density at radius 3 is 3.36 bits per heavy atom. The maximum absolute atomic E-state index is 3.93. The second-order valence-corrected chi connectivity index (χ2v) is 4.06. The van der Waals surface area contributed by atoms with Crippen LogP contribution in [-0.4, -0.2) is 41.3 Å². The average Bonchev–Trinajstić information content (AvgIpc) is 2.67. The minimum atomic E-state index is 0.636. The van der Waals surface area contributed by atoms with Crippen LogP contribution in [0.5, 0.6) is 0 Å². The molecule has 0 aromatic carbocycles. The van der Waals surface area contributed by atoms with Crippen molar-refractivity contribution in [3.63, 3.8) is 0 Å². The van der Waals surface area contributed by atoms with Crippen LogP contribution in [0, 0.1) is 0 Å². The minimum Gasteiger partial charge on any atom is -0.307 e. The first-order valence-corrected chi connectivity index (χ1v) is 5.25. The summed E-state index contributed by atoms with van der Waals surface area (Å²) in [4.78, 5) is 2.38. The highest BCUT2D eigenvalue weighted by atomic mass is 15.1. The summed E-state index contributed by atoms with van der Waals surface area (Å²) in [6.07, 6.45) is 4.39. The molecule has 0 aliphatic carbocycles. The fourth-order valence-corrected chi connectivity index (χ4v) is 1.97. The van der Waals surface area contributed by atoms with Gasteiger partial charge in [-0.3, -0.25) is 5.10 Å². The highest BCUT2D eigenvalue weighted by molar-refractivity contribution is 4.97. The van der Waals surface area contributed by atoms with Gasteiger partial charge >= 0.3 is 0 Å². The molecule has 2 heterocycles. The molecule has 0 bridgehead atoms. The van der Waals surface area contributed by atoms with Gasteiger partial charge in [-0.25, -0.2) is 0 Å². The number of H-pyrrole nitrogens is 1. The predicted octanol–water partition coefficient (Wildman–Crippen LogP) is 0.593. The molecule has 78 valence electrons. The van der Waals surface area contributed by atoms with Crippen LogP contribution in [0.25, 0.3) is 0 Å². The predicted molar refractivity (Wildman–Crippen MR) is 55.9 cm³/mol. The number of aromatic amines is 1. The number of hydrogen-bond donors (Lipinski definition) is 2. The minimum absolute atomic E-state index is 0.636. The molecule has 0 amide bonds. The van der Waals surface area contributed by atoms with Crippen molar-refractivity contribution in [1.29, 1.82) is 0 Å². The second-order valence-electron chi connectivity index (χ2n) is 4.06. The number of piperidine rings is 1. The number of hydrogen-bond acceptors (Lipinski definition) is 3. The van der Waals surface area contributed by atoms with Crippen molar-refractivity contribution >= 4 is 0 Å². The van der Waals surface area contributed by atoms with Gasteiger partial charge in [-0.05, 0) is 32.5 Å². The molecule has 1 fully saturated rings. The number of aromatic nitrogens is 2. The van der Waals surface area contributed by atoms with Gasteiger partial charge in [-0.1, -0.05) is 0 Å². The number of likely N-dealkylation sites (tertiary alicyclic amines) is 1. The largest absolute Gasteiger partial charge is 0.307 e. The summed E-state index contributed by atoms with van der Waals surface area (Å²) in [5.74, 6) is 0. The Bertz CT molecular complexity index is 257. The first-order valence-electron chi connectivity index (χ1n) is 5.25. The summed E-state index contributed by atoms with van der Waals surface area (Å²) in [5, 5.41) is 10.4. The summed E-state index contributed by atoms with van der Waals surface area (Å²) in [7, 11) is 2.18. The molecule has 1 atom stereocenters. The molecule has 1 unspecified atom stereocenters. The van der Waals surface area contributed by atoms with Crippen molar-refractivity contribution in [1.82, 2.24) is 20.4 Å². The standard InChI is InChI=1S/C10H18N4/c1-14-6-2-3-10(8-14)11-7-9-4-5-12-13-9/h4-5,10-11H,2-3,6-8H2,1H3,(H,12,13). The van der Waals surface area contributed by atoms with E-state index in [2.05, 4.69) is 27.5 Å². The topological polar surface area (TPSA) is 44.0 Å². The summed E-state index contributed by atoms with van der Waals surface area (Å²) in [6, 6.07) is 2.65. The van der Waals surface area contributed by atoms with Gasteiger partial charge in [0.25, 0.3) is 0 Å². The van der Waals surface area contributed by atoms with E-state index in [0.29, 0.717) is 6.04 Å². The van der Waals surface area contributed by atoms with Crippen LogP contribution in [0.3, 0.4) is 0 Å². The number of likely N-dealkylation sites (N-methyl/N-ethyl adjacent to an activating group) is 1. The van der Waals surface area contributed by atoms with Gasteiger partial charge < -0.3 is 10.2 Å². The summed E-state index contributed by atoms with van der Waals surface area (Å²) in [5.41, 5.74) is 1.17. The molecule has 14 heavy (non-hydrogen) atoms. The van der Waals surface area contributed by atoms with Crippen LogP contribution in [0.1, 0.15) is 18.5 Å². The highest BCUT2D eigenvalue weighted by Crippen LogP contribution is 2.08. The Labute approximate surface area is 84.7 Å². The summed E-state index contributed by atoms with van der Waals surface area (Å²) in [6.45, 7) is 3.30. The van der Waals surface area contributed by atoms with Crippen LogP contribution in [0.15, 0.2) is 12.3 Å². The zero-order valence-electron chi connectivity index (χ0n) is 8.66. The SMILES string of the molecule is CN1CCCC(NCc2ccn[nH]2)C1. The first kappa shape index (κ1) is 9.68. The van der Waals surface area contributed by atoms with Gasteiger partial charge in [0.1, 0.15) is 0 Å². The lowest BCUT2D eigenvalue weighted by molar-refractivity contribution is 0.226. The Balaban J connectivity index is 1.75. The second kappa shape index (κ2) is 4.57. The molecule has 1 aromatic rings. The van der Waals surface area contributed by atoms with Gasteiger partial charge in [-0.15, -0.1) is 0 Å². The van der Waals surface area contributed by atoms with Crippen molar-refractivity contribution in [3.05, 3.63) is 18.0 Å². The zero-order valence-corrected chi connectivity index (χ0v) is 8.66. The summed E-state index contributed by atoms with van der Waals surface area (Å²) < 4.78 is 0. The third-order valence-electron chi connectivity index (χ3n) is 2.76. The monoisotopic (exact) mass is 194 g/mol. The van der Waals surface area contributed by atoms with Crippen LogP contribution in [0.4, 0.5) is 0 Å². The lowest BCUT2D eigenvalue weighted by Gasteiger charge is -2.30. The average molecular weight is 194 g/mol. The van der Waals surface area contributed by atoms with Crippen molar-refractivity contribution in [3.8, 4) is 0 Å². The van der Waals surface area contributed by atoms with E-state index in [9.17, 15) is 0 Å². The van der Waals surface area contributed by atoms with E-state index in [1.807, 2.05) is 6.07 Å². The van der Waals surface area contributed by atoms with E-state index in [-0.39, 0.29) is 0 Å². The van der Waals surface area contributed by atoms with Gasteiger partial charge in [0.05, 0.1) is 0 Å².